The van der Waals surface area contributed by atoms with Crippen LogP contribution in [0.3, 0.4) is 0 Å². The molecular formula is C13H17N3O3. The zero-order valence-electron chi connectivity index (χ0n) is 10.8. The van der Waals surface area contributed by atoms with Crippen molar-refractivity contribution < 1.29 is 14.3 Å². The van der Waals surface area contributed by atoms with Crippen molar-refractivity contribution >= 4 is 17.5 Å². The van der Waals surface area contributed by atoms with E-state index in [9.17, 15) is 9.59 Å². The van der Waals surface area contributed by atoms with Gasteiger partial charge in [-0.1, -0.05) is 6.07 Å². The molecule has 0 spiro atoms. The Morgan fingerprint density at radius 2 is 2.16 bits per heavy atom. The van der Waals surface area contributed by atoms with Crippen LogP contribution in [-0.4, -0.2) is 36.9 Å². The molecule has 1 aromatic carbocycles. The highest BCUT2D eigenvalue weighted by atomic mass is 16.5. The summed E-state index contributed by atoms with van der Waals surface area (Å²) in [4.78, 5) is 25.1. The second-order valence-electron chi connectivity index (χ2n) is 4.56. The number of anilines is 1. The van der Waals surface area contributed by atoms with Gasteiger partial charge in [-0.3, -0.25) is 9.59 Å². The normalized spacial score (nSPS) is 18.4. The fourth-order valence-corrected chi connectivity index (χ4v) is 2.26. The van der Waals surface area contributed by atoms with Gasteiger partial charge in [-0.25, -0.2) is 0 Å². The number of carbonyl (C=O) groups is 2. The van der Waals surface area contributed by atoms with Gasteiger partial charge in [0.2, 0.25) is 5.91 Å². The molecule has 2 amide bonds. The first-order chi connectivity index (χ1) is 9.04. The molecular weight excluding hydrogens is 246 g/mol. The minimum Gasteiger partial charge on any atom is -0.495 e. The van der Waals surface area contributed by atoms with Gasteiger partial charge in [0, 0.05) is 13.1 Å². The lowest BCUT2D eigenvalue weighted by Gasteiger charge is -2.18. The number of nitrogens with zero attached hydrogens (tertiary/aromatic N) is 1. The van der Waals surface area contributed by atoms with Crippen molar-refractivity contribution in [1.82, 2.24) is 4.90 Å². The van der Waals surface area contributed by atoms with E-state index in [4.69, 9.17) is 16.2 Å². The van der Waals surface area contributed by atoms with Crippen molar-refractivity contribution in [3.63, 3.8) is 0 Å². The zero-order valence-corrected chi connectivity index (χ0v) is 10.8. The van der Waals surface area contributed by atoms with E-state index in [2.05, 4.69) is 0 Å². The van der Waals surface area contributed by atoms with Crippen LogP contribution in [0.5, 0.6) is 5.75 Å². The number of ether oxygens (including phenoxy) is 1. The smallest absolute Gasteiger partial charge is 0.256 e. The molecule has 1 aromatic rings. The Hall–Kier alpha value is -2.24. The Bertz CT molecular complexity index is 516. The van der Waals surface area contributed by atoms with Gasteiger partial charge in [-0.05, 0) is 18.6 Å². The molecule has 0 saturated carbocycles. The number of rotatable bonds is 3. The molecule has 0 aliphatic carbocycles. The van der Waals surface area contributed by atoms with Crippen molar-refractivity contribution in [3.05, 3.63) is 23.8 Å². The summed E-state index contributed by atoms with van der Waals surface area (Å²) in [5.41, 5.74) is 11.9. The highest BCUT2D eigenvalue weighted by Crippen LogP contribution is 2.27. The molecule has 2 rings (SSSR count). The van der Waals surface area contributed by atoms with Gasteiger partial charge in [-0.15, -0.1) is 0 Å². The van der Waals surface area contributed by atoms with Gasteiger partial charge < -0.3 is 21.1 Å². The Labute approximate surface area is 111 Å². The standard InChI is InChI=1S/C13H17N3O3/c1-19-10-4-2-3-9(11(10)14)13(18)16-6-5-8(7-16)12(15)17/h2-4,8H,5-7,14H2,1H3,(H2,15,17). The van der Waals surface area contributed by atoms with E-state index in [0.29, 0.717) is 36.5 Å². The summed E-state index contributed by atoms with van der Waals surface area (Å²) < 4.78 is 5.09. The molecule has 1 aliphatic heterocycles. The monoisotopic (exact) mass is 263 g/mol. The third-order valence-corrected chi connectivity index (χ3v) is 3.39. The summed E-state index contributed by atoms with van der Waals surface area (Å²) in [5, 5.41) is 0. The lowest BCUT2D eigenvalue weighted by atomic mass is 10.1. The van der Waals surface area contributed by atoms with E-state index in [1.54, 1.807) is 23.1 Å². The second-order valence-corrected chi connectivity index (χ2v) is 4.56. The van der Waals surface area contributed by atoms with Crippen molar-refractivity contribution in [1.29, 1.82) is 0 Å². The Morgan fingerprint density at radius 3 is 2.74 bits per heavy atom. The number of amides is 2. The van der Waals surface area contributed by atoms with Gasteiger partial charge >= 0.3 is 0 Å². The molecule has 4 N–H and O–H groups in total. The second kappa shape index (κ2) is 5.17. The first-order valence-electron chi connectivity index (χ1n) is 6.05. The molecule has 1 heterocycles. The molecule has 102 valence electrons. The topological polar surface area (TPSA) is 98.6 Å². The third-order valence-electron chi connectivity index (χ3n) is 3.39. The highest BCUT2D eigenvalue weighted by molar-refractivity contribution is 6.00. The van der Waals surface area contributed by atoms with Crippen LogP contribution in [0.2, 0.25) is 0 Å². The summed E-state index contributed by atoms with van der Waals surface area (Å²) in [7, 11) is 1.50. The summed E-state index contributed by atoms with van der Waals surface area (Å²) in [6.07, 6.45) is 0.602. The number of methoxy groups -OCH3 is 1. The summed E-state index contributed by atoms with van der Waals surface area (Å²) in [6.45, 7) is 0.869. The highest BCUT2D eigenvalue weighted by Gasteiger charge is 2.31. The molecule has 1 fully saturated rings. The maximum atomic E-state index is 12.3. The van der Waals surface area contributed by atoms with Gasteiger partial charge in [-0.2, -0.15) is 0 Å². The maximum absolute atomic E-state index is 12.3. The van der Waals surface area contributed by atoms with Crippen molar-refractivity contribution in [2.24, 2.45) is 11.7 Å². The minimum absolute atomic E-state index is 0.194. The van der Waals surface area contributed by atoms with E-state index < -0.39 is 0 Å². The van der Waals surface area contributed by atoms with Crippen LogP contribution in [0.1, 0.15) is 16.8 Å². The number of nitrogens with two attached hydrogens (primary N) is 2. The SMILES string of the molecule is COc1cccc(C(=O)N2CCC(C(N)=O)C2)c1N. The largest absolute Gasteiger partial charge is 0.495 e. The van der Waals surface area contributed by atoms with Crippen LogP contribution >= 0.6 is 0 Å². The molecule has 6 nitrogen and oxygen atoms in total. The molecule has 6 heteroatoms. The lowest BCUT2D eigenvalue weighted by Crippen LogP contribution is -2.32. The molecule has 0 bridgehead atoms. The van der Waals surface area contributed by atoms with Crippen molar-refractivity contribution in [2.45, 2.75) is 6.42 Å². The van der Waals surface area contributed by atoms with Crippen molar-refractivity contribution in [3.8, 4) is 5.75 Å². The van der Waals surface area contributed by atoms with Gasteiger partial charge in [0.1, 0.15) is 5.75 Å². The van der Waals surface area contributed by atoms with Crippen LogP contribution in [0.25, 0.3) is 0 Å². The molecule has 0 aromatic heterocycles. The van der Waals surface area contributed by atoms with E-state index in [1.807, 2.05) is 0 Å². The first-order valence-corrected chi connectivity index (χ1v) is 6.05. The minimum atomic E-state index is -0.367. The maximum Gasteiger partial charge on any atom is 0.256 e. The quantitative estimate of drug-likeness (QED) is 0.762. The summed E-state index contributed by atoms with van der Waals surface area (Å²) >= 11 is 0. The first kappa shape index (κ1) is 13.2. The average molecular weight is 263 g/mol. The third kappa shape index (κ3) is 2.47. The molecule has 1 aliphatic rings. The summed E-state index contributed by atoms with van der Waals surface area (Å²) in [5.74, 6) is -0.360. The number of para-hydroxylation sites is 1. The molecule has 0 radical (unpaired) electrons. The molecule has 1 saturated heterocycles. The number of carbonyl (C=O) groups excluding carboxylic acids is 2. The Balaban J connectivity index is 2.19. The van der Waals surface area contributed by atoms with Crippen LogP contribution in [0, 0.1) is 5.92 Å². The van der Waals surface area contributed by atoms with Crippen LogP contribution in [0.4, 0.5) is 5.69 Å². The Morgan fingerprint density at radius 1 is 1.42 bits per heavy atom. The van der Waals surface area contributed by atoms with E-state index in [1.165, 1.54) is 7.11 Å². The van der Waals surface area contributed by atoms with Crippen LogP contribution in [0.15, 0.2) is 18.2 Å². The number of likely N-dealkylation sites (tertiary alicyclic amines) is 1. The average Bonchev–Trinajstić information content (AvgIpc) is 2.88. The number of benzene rings is 1. The number of primary amides is 1. The van der Waals surface area contributed by atoms with E-state index >= 15 is 0 Å². The van der Waals surface area contributed by atoms with E-state index in [0.717, 1.165) is 0 Å². The fourth-order valence-electron chi connectivity index (χ4n) is 2.26. The molecule has 19 heavy (non-hydrogen) atoms. The number of hydrogen-bond donors (Lipinski definition) is 2. The fraction of sp³-hybridized carbons (Fsp3) is 0.385. The van der Waals surface area contributed by atoms with Gasteiger partial charge in [0.25, 0.3) is 5.91 Å². The lowest BCUT2D eigenvalue weighted by molar-refractivity contribution is -0.121. The predicted octanol–water partition coefficient (Wildman–Crippen LogP) is 0.225. The van der Waals surface area contributed by atoms with Crippen LogP contribution in [-0.2, 0) is 4.79 Å². The predicted molar refractivity (Wildman–Crippen MR) is 70.6 cm³/mol. The number of hydrogen-bond acceptors (Lipinski definition) is 4. The Kier molecular flexibility index (Phi) is 3.59. The zero-order chi connectivity index (χ0) is 14.0. The number of nitrogen functional groups attached to an aromatic ring is 1. The summed E-state index contributed by atoms with van der Waals surface area (Å²) in [6, 6.07) is 5.06. The molecule has 1 atom stereocenters. The van der Waals surface area contributed by atoms with Gasteiger partial charge in [0.05, 0.1) is 24.3 Å². The molecule has 1 unspecified atom stereocenters. The van der Waals surface area contributed by atoms with E-state index in [-0.39, 0.29) is 17.7 Å². The van der Waals surface area contributed by atoms with Crippen LogP contribution < -0.4 is 16.2 Å². The van der Waals surface area contributed by atoms with Crippen molar-refractivity contribution in [2.75, 3.05) is 25.9 Å². The van der Waals surface area contributed by atoms with Gasteiger partial charge in [0.15, 0.2) is 0 Å².